The van der Waals surface area contributed by atoms with Crippen LogP contribution < -0.4 is 16.4 Å². The van der Waals surface area contributed by atoms with Crippen molar-refractivity contribution in [3.05, 3.63) is 71.0 Å². The van der Waals surface area contributed by atoms with Gasteiger partial charge in [-0.2, -0.15) is 0 Å². The molecule has 4 rings (SSSR count). The molecule has 0 unspecified atom stereocenters. The van der Waals surface area contributed by atoms with Gasteiger partial charge in [0.15, 0.2) is 5.82 Å². The first-order chi connectivity index (χ1) is 14.0. The van der Waals surface area contributed by atoms with E-state index in [0.717, 1.165) is 15.6 Å². The molecule has 3 amide bonds. The predicted octanol–water partition coefficient (Wildman–Crippen LogP) is 3.66. The zero-order valence-corrected chi connectivity index (χ0v) is 15.9. The van der Waals surface area contributed by atoms with Crippen molar-refractivity contribution in [2.24, 2.45) is 5.73 Å². The Labute approximate surface area is 169 Å². The molecule has 0 aliphatic rings. The Morgan fingerprint density at radius 3 is 2.66 bits per heavy atom. The maximum Gasteiger partial charge on any atom is 0.324 e. The van der Waals surface area contributed by atoms with Crippen molar-refractivity contribution in [3.63, 3.8) is 0 Å². The first kappa shape index (κ1) is 18.5. The van der Waals surface area contributed by atoms with E-state index < -0.39 is 11.9 Å². The van der Waals surface area contributed by atoms with Crippen LogP contribution in [0, 0.1) is 0 Å². The van der Waals surface area contributed by atoms with Crippen LogP contribution >= 0.6 is 11.3 Å². The highest BCUT2D eigenvalue weighted by Crippen LogP contribution is 2.24. The number of nitrogens with one attached hydrogen (secondary N) is 3. The molecule has 6 N–H and O–H groups in total. The number of nitrogens with zero attached hydrogens (tertiary/aromatic N) is 1. The van der Waals surface area contributed by atoms with E-state index in [4.69, 9.17) is 5.73 Å². The van der Waals surface area contributed by atoms with Gasteiger partial charge >= 0.3 is 6.03 Å². The number of rotatable bonds is 5. The number of urea groups is 1. The summed E-state index contributed by atoms with van der Waals surface area (Å²) in [5.74, 6) is -0.0602. The Balaban J connectivity index is 1.50. The van der Waals surface area contributed by atoms with E-state index in [9.17, 15) is 14.7 Å². The normalized spacial score (nSPS) is 10.8. The Morgan fingerprint density at radius 1 is 1.10 bits per heavy atom. The molecule has 9 heteroatoms. The van der Waals surface area contributed by atoms with Gasteiger partial charge in [-0.3, -0.25) is 10.1 Å². The van der Waals surface area contributed by atoms with E-state index in [1.807, 2.05) is 23.6 Å². The van der Waals surface area contributed by atoms with Crippen LogP contribution in [0.25, 0.3) is 10.1 Å². The number of aromatic nitrogens is 2. The lowest BCUT2D eigenvalue weighted by atomic mass is 10.1. The molecular formula is C20H17N5O3S. The minimum Gasteiger partial charge on any atom is -0.508 e. The maximum absolute atomic E-state index is 12.4. The number of carbonyl (C=O) groups excluding carboxylic acids is 2. The molecule has 0 bridgehead atoms. The summed E-state index contributed by atoms with van der Waals surface area (Å²) in [4.78, 5) is 31.2. The van der Waals surface area contributed by atoms with Crippen molar-refractivity contribution in [2.75, 3.05) is 10.6 Å². The highest BCUT2D eigenvalue weighted by Gasteiger charge is 2.17. The number of thiophene rings is 1. The van der Waals surface area contributed by atoms with Gasteiger partial charge in [0.05, 0.1) is 0 Å². The number of hydrogen-bond acceptors (Lipinski definition) is 5. The van der Waals surface area contributed by atoms with Crippen molar-refractivity contribution in [2.45, 2.75) is 6.42 Å². The lowest BCUT2D eigenvalue weighted by Crippen LogP contribution is -2.22. The fraction of sp³-hybridized carbons (Fsp3) is 0.0500. The van der Waals surface area contributed by atoms with Gasteiger partial charge in [0.1, 0.15) is 17.3 Å². The molecule has 0 fully saturated rings. The van der Waals surface area contributed by atoms with Crippen LogP contribution in [0.2, 0.25) is 0 Å². The number of hydrogen-bond donors (Lipinski definition) is 5. The summed E-state index contributed by atoms with van der Waals surface area (Å²) in [6, 6.07) is 13.6. The van der Waals surface area contributed by atoms with Crippen LogP contribution in [0.3, 0.4) is 0 Å². The van der Waals surface area contributed by atoms with Crippen molar-refractivity contribution < 1.29 is 14.7 Å². The zero-order valence-electron chi connectivity index (χ0n) is 15.1. The molecule has 0 spiro atoms. The Morgan fingerprint density at radius 2 is 1.90 bits per heavy atom. The average molecular weight is 407 g/mol. The number of primary amides is 1. The van der Waals surface area contributed by atoms with Crippen LogP contribution in [-0.4, -0.2) is 27.0 Å². The predicted molar refractivity (Wildman–Crippen MR) is 112 cm³/mol. The Hall–Kier alpha value is -3.85. The number of aromatic amines is 1. The molecule has 4 aromatic rings. The number of nitrogens with two attached hydrogens (primary N) is 1. The lowest BCUT2D eigenvalue weighted by Gasteiger charge is -2.06. The lowest BCUT2D eigenvalue weighted by molar-refractivity contribution is 0.0997. The molecule has 0 atom stereocenters. The minimum atomic E-state index is -0.732. The smallest absolute Gasteiger partial charge is 0.324 e. The first-order valence-electron chi connectivity index (χ1n) is 8.70. The average Bonchev–Trinajstić information content (AvgIpc) is 3.30. The number of imidazole rings is 1. The van der Waals surface area contributed by atoms with Crippen molar-refractivity contribution >= 4 is 44.9 Å². The maximum atomic E-state index is 12.4. The third kappa shape index (κ3) is 4.19. The molecule has 2 aromatic carbocycles. The van der Waals surface area contributed by atoms with Crippen LogP contribution in [0.15, 0.2) is 53.9 Å². The number of anilines is 2. The molecule has 0 aliphatic heterocycles. The van der Waals surface area contributed by atoms with Gasteiger partial charge in [0.25, 0.3) is 5.91 Å². The topological polar surface area (TPSA) is 133 Å². The highest BCUT2D eigenvalue weighted by atomic mass is 32.1. The van der Waals surface area contributed by atoms with Crippen LogP contribution in [0.4, 0.5) is 16.3 Å². The summed E-state index contributed by atoms with van der Waals surface area (Å²) in [6.45, 7) is 0. The summed E-state index contributed by atoms with van der Waals surface area (Å²) in [7, 11) is 0. The molecule has 8 nitrogen and oxygen atoms in total. The second-order valence-electron chi connectivity index (χ2n) is 6.37. The van der Waals surface area contributed by atoms with E-state index in [1.165, 1.54) is 0 Å². The minimum absolute atomic E-state index is 0.0159. The third-order valence-corrected chi connectivity index (χ3v) is 5.15. The monoisotopic (exact) mass is 407 g/mol. The van der Waals surface area contributed by atoms with E-state index in [1.54, 1.807) is 41.7 Å². The largest absolute Gasteiger partial charge is 0.508 e. The zero-order chi connectivity index (χ0) is 20.4. The van der Waals surface area contributed by atoms with Gasteiger partial charge in [-0.15, -0.1) is 11.3 Å². The second kappa shape index (κ2) is 7.64. The fourth-order valence-corrected chi connectivity index (χ4v) is 3.67. The van der Waals surface area contributed by atoms with Crippen molar-refractivity contribution in [1.29, 1.82) is 0 Å². The third-order valence-electron chi connectivity index (χ3n) is 4.25. The number of phenolic OH excluding ortho intramolecular Hbond substituents is 1. The number of H-pyrrole nitrogens is 1. The Bertz CT molecular complexity index is 1200. The van der Waals surface area contributed by atoms with Gasteiger partial charge in [0.2, 0.25) is 0 Å². The molecule has 2 heterocycles. The molecule has 146 valence electrons. The Kier molecular flexibility index (Phi) is 4.88. The SMILES string of the molecule is NC(=O)c1[nH]c(Cc2ccc(O)cc2)nc1NC(=O)Nc1ccc2sccc2c1. The van der Waals surface area contributed by atoms with Crippen LogP contribution in [0.5, 0.6) is 5.75 Å². The van der Waals surface area contributed by atoms with E-state index in [2.05, 4.69) is 20.6 Å². The number of carbonyl (C=O) groups is 2. The summed E-state index contributed by atoms with van der Waals surface area (Å²) in [5, 5.41) is 17.7. The number of phenols is 1. The molecule has 2 aromatic heterocycles. The van der Waals surface area contributed by atoms with Gasteiger partial charge in [-0.05, 0) is 52.7 Å². The van der Waals surface area contributed by atoms with Gasteiger partial charge < -0.3 is 21.1 Å². The van der Waals surface area contributed by atoms with Gasteiger partial charge in [-0.25, -0.2) is 9.78 Å². The molecule has 0 radical (unpaired) electrons. The van der Waals surface area contributed by atoms with Crippen LogP contribution in [-0.2, 0) is 6.42 Å². The fourth-order valence-electron chi connectivity index (χ4n) is 2.90. The first-order valence-corrected chi connectivity index (χ1v) is 9.58. The number of fused-ring (bicyclic) bond motifs is 1. The summed E-state index contributed by atoms with van der Waals surface area (Å²) >= 11 is 1.62. The summed E-state index contributed by atoms with van der Waals surface area (Å²) in [6.07, 6.45) is 0.374. The summed E-state index contributed by atoms with van der Waals surface area (Å²) < 4.78 is 1.12. The van der Waals surface area contributed by atoms with Gasteiger partial charge in [-0.1, -0.05) is 12.1 Å². The number of amides is 3. The number of benzene rings is 2. The second-order valence-corrected chi connectivity index (χ2v) is 7.31. The molecule has 0 saturated carbocycles. The molecule has 0 aliphatic carbocycles. The molecule has 29 heavy (non-hydrogen) atoms. The van der Waals surface area contributed by atoms with Crippen molar-refractivity contribution in [3.8, 4) is 5.75 Å². The quantitative estimate of drug-likeness (QED) is 0.345. The molecule has 0 saturated heterocycles. The summed E-state index contributed by atoms with van der Waals surface area (Å²) in [5.41, 5.74) is 6.91. The van der Waals surface area contributed by atoms with E-state index >= 15 is 0 Å². The van der Waals surface area contributed by atoms with E-state index in [0.29, 0.717) is 17.9 Å². The van der Waals surface area contributed by atoms with E-state index in [-0.39, 0.29) is 17.3 Å². The number of aromatic hydroxyl groups is 1. The van der Waals surface area contributed by atoms with Crippen LogP contribution in [0.1, 0.15) is 21.9 Å². The highest BCUT2D eigenvalue weighted by molar-refractivity contribution is 7.17. The molecular weight excluding hydrogens is 390 g/mol. The van der Waals surface area contributed by atoms with Crippen molar-refractivity contribution in [1.82, 2.24) is 9.97 Å². The standard InChI is InChI=1S/C20H17N5O3S/c21-18(27)17-19(24-16(23-17)9-11-1-4-14(26)5-2-11)25-20(28)22-13-3-6-15-12(10-13)7-8-29-15/h1-8,10,26H,9H2,(H2,21,27)(H,23,24)(H2,22,25,28). The van der Waals surface area contributed by atoms with Gasteiger partial charge in [0, 0.05) is 16.8 Å².